The van der Waals surface area contributed by atoms with Gasteiger partial charge in [-0.2, -0.15) is 0 Å². The Hall–Kier alpha value is -0.140. The van der Waals surface area contributed by atoms with Gasteiger partial charge in [0, 0.05) is 11.4 Å². The van der Waals surface area contributed by atoms with Crippen molar-refractivity contribution in [3.63, 3.8) is 0 Å². The zero-order valence-corrected chi connectivity index (χ0v) is 13.0. The molecule has 2 rings (SSSR count). The quantitative estimate of drug-likeness (QED) is 0.889. The third-order valence-electron chi connectivity index (χ3n) is 2.96. The fraction of sp³-hybridized carbons (Fsp3) is 0.636. The number of rotatable bonds is 4. The van der Waals surface area contributed by atoms with Crippen molar-refractivity contribution < 1.29 is 8.42 Å². The van der Waals surface area contributed by atoms with Crippen LogP contribution in [0.2, 0.25) is 0 Å². The third-order valence-corrected chi connectivity index (χ3v) is 6.18. The maximum Gasteiger partial charge on any atom is 0.250 e. The predicted octanol–water partition coefficient (Wildman–Crippen LogP) is 1.67. The van der Waals surface area contributed by atoms with Gasteiger partial charge in [-0.3, -0.25) is 0 Å². The summed E-state index contributed by atoms with van der Waals surface area (Å²) in [5.41, 5.74) is 0.838. The standard InChI is InChI=1S/C11H18N2O2S2.ClH/c1-8-5-9(2)16-11(8)17(14,15)13-7-10-3-4-12-6-10;/h5,10,12-13H,3-4,6-7H2,1-2H3;1H. The molecule has 0 aromatic carbocycles. The Morgan fingerprint density at radius 3 is 2.72 bits per heavy atom. The van der Waals surface area contributed by atoms with Crippen LogP contribution in [0.5, 0.6) is 0 Å². The number of hydrogen-bond donors (Lipinski definition) is 2. The fourth-order valence-corrected chi connectivity index (χ4v) is 4.90. The molecule has 2 heterocycles. The maximum absolute atomic E-state index is 12.1. The Kier molecular flexibility index (Phi) is 5.61. The average molecular weight is 311 g/mol. The summed E-state index contributed by atoms with van der Waals surface area (Å²) in [6, 6.07) is 1.91. The fourth-order valence-electron chi connectivity index (χ4n) is 2.07. The molecule has 1 aromatic heterocycles. The van der Waals surface area contributed by atoms with Crippen LogP contribution in [0.1, 0.15) is 16.9 Å². The summed E-state index contributed by atoms with van der Waals surface area (Å²) in [6.07, 6.45) is 1.05. The molecule has 0 saturated carbocycles. The highest BCUT2D eigenvalue weighted by molar-refractivity contribution is 7.91. The summed E-state index contributed by atoms with van der Waals surface area (Å²) >= 11 is 1.34. The van der Waals surface area contributed by atoms with Gasteiger partial charge < -0.3 is 5.32 Å². The van der Waals surface area contributed by atoms with Crippen molar-refractivity contribution in [2.45, 2.75) is 24.5 Å². The Labute approximate surface area is 119 Å². The van der Waals surface area contributed by atoms with Crippen molar-refractivity contribution >= 4 is 33.8 Å². The Morgan fingerprint density at radius 1 is 1.50 bits per heavy atom. The van der Waals surface area contributed by atoms with E-state index in [0.717, 1.165) is 30.0 Å². The zero-order valence-electron chi connectivity index (χ0n) is 10.5. The van der Waals surface area contributed by atoms with Crippen LogP contribution >= 0.6 is 23.7 Å². The minimum Gasteiger partial charge on any atom is -0.316 e. The maximum atomic E-state index is 12.1. The number of thiophene rings is 1. The van der Waals surface area contributed by atoms with E-state index in [9.17, 15) is 8.42 Å². The Bertz CT molecular complexity index is 493. The molecule has 1 unspecified atom stereocenters. The Morgan fingerprint density at radius 2 is 2.22 bits per heavy atom. The lowest BCUT2D eigenvalue weighted by atomic mass is 10.1. The molecule has 0 aliphatic carbocycles. The molecule has 0 spiro atoms. The molecule has 0 bridgehead atoms. The lowest BCUT2D eigenvalue weighted by Crippen LogP contribution is -2.30. The number of hydrogen-bond acceptors (Lipinski definition) is 4. The van der Waals surface area contributed by atoms with E-state index in [-0.39, 0.29) is 12.4 Å². The van der Waals surface area contributed by atoms with Crippen LogP contribution < -0.4 is 10.0 Å². The summed E-state index contributed by atoms with van der Waals surface area (Å²) < 4.78 is 27.4. The second-order valence-electron chi connectivity index (χ2n) is 4.54. The topological polar surface area (TPSA) is 58.2 Å². The first-order valence-corrected chi connectivity index (χ1v) is 8.06. The largest absolute Gasteiger partial charge is 0.316 e. The third kappa shape index (κ3) is 3.68. The first-order valence-electron chi connectivity index (χ1n) is 5.76. The SMILES string of the molecule is Cc1cc(C)c(S(=O)(=O)NCC2CCNC2)s1.Cl. The molecule has 2 N–H and O–H groups in total. The second kappa shape index (κ2) is 6.34. The first-order chi connectivity index (χ1) is 7.99. The highest BCUT2D eigenvalue weighted by atomic mass is 35.5. The molecule has 1 aromatic rings. The van der Waals surface area contributed by atoms with E-state index in [4.69, 9.17) is 0 Å². The van der Waals surface area contributed by atoms with Gasteiger partial charge in [-0.1, -0.05) is 0 Å². The van der Waals surface area contributed by atoms with Gasteiger partial charge in [-0.15, -0.1) is 23.7 Å². The van der Waals surface area contributed by atoms with Gasteiger partial charge in [0.1, 0.15) is 4.21 Å². The summed E-state index contributed by atoms with van der Waals surface area (Å²) in [6.45, 7) is 6.20. The number of nitrogens with one attached hydrogen (secondary N) is 2. The monoisotopic (exact) mass is 310 g/mol. The van der Waals surface area contributed by atoms with Crippen LogP contribution in [0.3, 0.4) is 0 Å². The second-order valence-corrected chi connectivity index (χ2v) is 7.76. The van der Waals surface area contributed by atoms with E-state index in [2.05, 4.69) is 10.0 Å². The van der Waals surface area contributed by atoms with Crippen molar-refractivity contribution in [2.75, 3.05) is 19.6 Å². The average Bonchev–Trinajstić information content (AvgIpc) is 2.85. The number of aryl methyl sites for hydroxylation is 2. The zero-order chi connectivity index (χ0) is 12.5. The molecule has 0 radical (unpaired) electrons. The van der Waals surface area contributed by atoms with E-state index in [1.54, 1.807) is 0 Å². The van der Waals surface area contributed by atoms with Crippen molar-refractivity contribution in [3.8, 4) is 0 Å². The highest BCUT2D eigenvalue weighted by Gasteiger charge is 2.22. The Balaban J connectivity index is 0.00000162. The predicted molar refractivity (Wildman–Crippen MR) is 77.2 cm³/mol. The van der Waals surface area contributed by atoms with Gasteiger partial charge in [-0.25, -0.2) is 13.1 Å². The normalized spacial score (nSPS) is 19.8. The van der Waals surface area contributed by atoms with Crippen LogP contribution in [0, 0.1) is 19.8 Å². The molecule has 1 atom stereocenters. The van der Waals surface area contributed by atoms with Gasteiger partial charge in [0.25, 0.3) is 0 Å². The molecule has 18 heavy (non-hydrogen) atoms. The molecule has 1 aliphatic rings. The van der Waals surface area contributed by atoms with Gasteiger partial charge in [0.15, 0.2) is 0 Å². The summed E-state index contributed by atoms with van der Waals surface area (Å²) in [4.78, 5) is 1.03. The van der Waals surface area contributed by atoms with E-state index in [1.165, 1.54) is 11.3 Å². The van der Waals surface area contributed by atoms with E-state index >= 15 is 0 Å². The lowest BCUT2D eigenvalue weighted by molar-refractivity contribution is 0.539. The summed E-state index contributed by atoms with van der Waals surface area (Å²) in [5.74, 6) is 0.422. The first kappa shape index (κ1) is 15.9. The van der Waals surface area contributed by atoms with Crippen LogP contribution in [-0.4, -0.2) is 28.1 Å². The van der Waals surface area contributed by atoms with E-state index in [0.29, 0.717) is 16.7 Å². The van der Waals surface area contributed by atoms with Gasteiger partial charge in [-0.05, 0) is 50.9 Å². The molecule has 104 valence electrons. The van der Waals surface area contributed by atoms with Crippen molar-refractivity contribution in [1.82, 2.24) is 10.0 Å². The van der Waals surface area contributed by atoms with Crippen molar-refractivity contribution in [3.05, 3.63) is 16.5 Å². The summed E-state index contributed by atoms with van der Waals surface area (Å²) in [7, 11) is -3.32. The molecule has 1 fully saturated rings. The van der Waals surface area contributed by atoms with Gasteiger partial charge in [0.05, 0.1) is 0 Å². The molecule has 0 amide bonds. The highest BCUT2D eigenvalue weighted by Crippen LogP contribution is 2.25. The lowest BCUT2D eigenvalue weighted by Gasteiger charge is -2.10. The summed E-state index contributed by atoms with van der Waals surface area (Å²) in [5, 5.41) is 3.23. The van der Waals surface area contributed by atoms with Crippen LogP contribution in [-0.2, 0) is 10.0 Å². The van der Waals surface area contributed by atoms with Crippen molar-refractivity contribution in [2.24, 2.45) is 5.92 Å². The van der Waals surface area contributed by atoms with Crippen LogP contribution in [0.25, 0.3) is 0 Å². The minimum absolute atomic E-state index is 0. The van der Waals surface area contributed by atoms with Crippen molar-refractivity contribution in [1.29, 1.82) is 0 Å². The molecular formula is C11H19ClN2O2S2. The van der Waals surface area contributed by atoms with Crippen LogP contribution in [0.15, 0.2) is 10.3 Å². The van der Waals surface area contributed by atoms with Gasteiger partial charge in [0.2, 0.25) is 10.0 Å². The smallest absolute Gasteiger partial charge is 0.250 e. The van der Waals surface area contributed by atoms with E-state index in [1.807, 2.05) is 19.9 Å². The molecule has 7 heteroatoms. The number of sulfonamides is 1. The molecule has 1 saturated heterocycles. The minimum atomic E-state index is -3.32. The van der Waals surface area contributed by atoms with Gasteiger partial charge >= 0.3 is 0 Å². The molecular weight excluding hydrogens is 292 g/mol. The molecule has 4 nitrogen and oxygen atoms in total. The van der Waals surface area contributed by atoms with E-state index < -0.39 is 10.0 Å². The number of halogens is 1. The molecule has 1 aliphatic heterocycles. The van der Waals surface area contributed by atoms with Crippen LogP contribution in [0.4, 0.5) is 0 Å².